The molecule has 1 heterocycles. The fraction of sp³-hybridized carbons (Fsp3) is 0.0833. The van der Waals surface area contributed by atoms with E-state index in [-0.39, 0.29) is 17.4 Å². The SMILES string of the molecule is CC(=NNC(=O)CSc1n[nH]c(-c2ccccc2)[n+]1-c1ccc(Cl)cc1)c1ccccc1[O-]. The number of rotatable bonds is 7. The normalized spacial score (nSPS) is 11.4. The minimum absolute atomic E-state index is 0.0858. The number of carbonyl (C=O) groups is 1. The summed E-state index contributed by atoms with van der Waals surface area (Å²) < 4.78 is 1.94. The molecule has 0 aliphatic carbocycles. The van der Waals surface area contributed by atoms with Crippen molar-refractivity contribution in [3.05, 3.63) is 89.4 Å². The Morgan fingerprint density at radius 1 is 1.09 bits per heavy atom. The predicted molar refractivity (Wildman–Crippen MR) is 128 cm³/mol. The predicted octanol–water partition coefficient (Wildman–Crippen LogP) is 3.71. The van der Waals surface area contributed by atoms with Gasteiger partial charge in [0.1, 0.15) is 5.69 Å². The molecule has 7 nitrogen and oxygen atoms in total. The number of nitrogens with zero attached hydrogens (tertiary/aromatic N) is 3. The number of thioether (sulfide) groups is 1. The fourth-order valence-electron chi connectivity index (χ4n) is 3.15. The molecule has 0 unspecified atom stereocenters. The average molecular weight is 478 g/mol. The third-order valence-corrected chi connectivity index (χ3v) is 5.95. The zero-order chi connectivity index (χ0) is 23.2. The summed E-state index contributed by atoms with van der Waals surface area (Å²) in [5, 5.41) is 24.7. The van der Waals surface area contributed by atoms with Crippen LogP contribution in [0.15, 0.2) is 89.1 Å². The van der Waals surface area contributed by atoms with Gasteiger partial charge in [0, 0.05) is 5.02 Å². The van der Waals surface area contributed by atoms with Crippen molar-refractivity contribution in [3.8, 4) is 22.8 Å². The van der Waals surface area contributed by atoms with Crippen LogP contribution in [0.5, 0.6) is 5.75 Å². The number of hydrogen-bond acceptors (Lipinski definition) is 5. The van der Waals surface area contributed by atoms with Crippen molar-refractivity contribution in [1.82, 2.24) is 15.6 Å². The highest BCUT2D eigenvalue weighted by atomic mass is 35.5. The third kappa shape index (κ3) is 5.42. The van der Waals surface area contributed by atoms with E-state index in [1.54, 1.807) is 37.3 Å². The molecule has 1 aromatic heterocycles. The Kier molecular flexibility index (Phi) is 7.07. The number of amides is 1. The van der Waals surface area contributed by atoms with Gasteiger partial charge in [-0.3, -0.25) is 4.79 Å². The van der Waals surface area contributed by atoms with Crippen molar-refractivity contribution in [2.24, 2.45) is 5.10 Å². The Hall–Kier alpha value is -3.62. The number of aromatic amines is 1. The number of hydrazone groups is 1. The summed E-state index contributed by atoms with van der Waals surface area (Å²) in [4.78, 5) is 12.4. The Bertz CT molecular complexity index is 1290. The van der Waals surface area contributed by atoms with Gasteiger partial charge in [0.05, 0.1) is 22.1 Å². The molecule has 0 radical (unpaired) electrons. The molecule has 0 spiro atoms. The highest BCUT2D eigenvalue weighted by Gasteiger charge is 2.24. The van der Waals surface area contributed by atoms with Crippen molar-refractivity contribution >= 4 is 35.0 Å². The first-order chi connectivity index (χ1) is 16.0. The third-order valence-electron chi connectivity index (χ3n) is 4.76. The number of nitrogens with one attached hydrogen (secondary N) is 2. The molecule has 3 aromatic carbocycles. The summed E-state index contributed by atoms with van der Waals surface area (Å²) in [6.07, 6.45) is 0. The fourth-order valence-corrected chi connectivity index (χ4v) is 4.03. The molecule has 4 aromatic rings. The largest absolute Gasteiger partial charge is 0.872 e. The number of H-pyrrole nitrogens is 1. The van der Waals surface area contributed by atoms with E-state index in [9.17, 15) is 9.90 Å². The van der Waals surface area contributed by atoms with E-state index < -0.39 is 0 Å². The summed E-state index contributed by atoms with van der Waals surface area (Å²) in [7, 11) is 0. The molecule has 0 saturated heterocycles. The maximum atomic E-state index is 12.4. The van der Waals surface area contributed by atoms with Crippen molar-refractivity contribution in [3.63, 3.8) is 0 Å². The first-order valence-electron chi connectivity index (χ1n) is 10.1. The number of aromatic nitrogens is 3. The van der Waals surface area contributed by atoms with Crippen LogP contribution in [0.25, 0.3) is 17.1 Å². The van der Waals surface area contributed by atoms with E-state index in [0.717, 1.165) is 17.1 Å². The van der Waals surface area contributed by atoms with Gasteiger partial charge in [-0.2, -0.15) is 9.67 Å². The lowest BCUT2D eigenvalue weighted by atomic mass is 10.1. The number of benzene rings is 3. The number of carbonyl (C=O) groups excluding carboxylic acids is 1. The van der Waals surface area contributed by atoms with E-state index in [0.29, 0.717) is 21.5 Å². The number of halogens is 1. The van der Waals surface area contributed by atoms with E-state index in [1.165, 1.54) is 17.8 Å². The summed E-state index contributed by atoms with van der Waals surface area (Å²) in [5.74, 6) is 0.412. The summed E-state index contributed by atoms with van der Waals surface area (Å²) >= 11 is 7.33. The van der Waals surface area contributed by atoms with E-state index >= 15 is 0 Å². The van der Waals surface area contributed by atoms with Gasteiger partial charge in [-0.1, -0.05) is 59.8 Å². The first-order valence-corrected chi connectivity index (χ1v) is 11.4. The van der Waals surface area contributed by atoms with E-state index in [1.807, 2.05) is 47.0 Å². The molecular formula is C24H20ClN5O2S. The molecule has 33 heavy (non-hydrogen) atoms. The van der Waals surface area contributed by atoms with Crippen LogP contribution in [0.2, 0.25) is 5.02 Å². The van der Waals surface area contributed by atoms with Crippen molar-refractivity contribution in [2.45, 2.75) is 12.1 Å². The van der Waals surface area contributed by atoms with Crippen LogP contribution < -0.4 is 15.1 Å². The van der Waals surface area contributed by atoms with E-state index in [4.69, 9.17) is 11.6 Å². The summed E-state index contributed by atoms with van der Waals surface area (Å²) in [6, 6.07) is 23.7. The Morgan fingerprint density at radius 3 is 2.52 bits per heavy atom. The average Bonchev–Trinajstić information content (AvgIpc) is 3.26. The maximum absolute atomic E-state index is 12.4. The second kappa shape index (κ2) is 10.3. The van der Waals surface area contributed by atoms with Gasteiger partial charge >= 0.3 is 5.16 Å². The van der Waals surface area contributed by atoms with Crippen LogP contribution in [-0.2, 0) is 4.79 Å². The minimum Gasteiger partial charge on any atom is -0.872 e. The van der Waals surface area contributed by atoms with Crippen molar-refractivity contribution < 1.29 is 14.5 Å². The standard InChI is InChI=1S/C24H20ClN5O2S/c1-16(20-9-5-6-10-21(20)31)26-27-22(32)15-33-24-29-28-23(17-7-3-2-4-8-17)30(24)19-13-11-18(25)12-14-19/h2-14H,15H2,1H3,(H2,26,27,31,32). The zero-order valence-electron chi connectivity index (χ0n) is 17.7. The van der Waals surface area contributed by atoms with Gasteiger partial charge < -0.3 is 5.11 Å². The van der Waals surface area contributed by atoms with Gasteiger partial charge in [0.2, 0.25) is 0 Å². The molecule has 0 bridgehead atoms. The first kappa shape index (κ1) is 22.6. The topological polar surface area (TPSA) is 97.1 Å². The van der Waals surface area contributed by atoms with Crippen LogP contribution in [0.4, 0.5) is 0 Å². The maximum Gasteiger partial charge on any atom is 0.342 e. The lowest BCUT2D eigenvalue weighted by Gasteiger charge is -2.12. The molecule has 0 aliphatic heterocycles. The van der Waals surface area contributed by atoms with Gasteiger partial charge in [-0.15, -0.1) is 5.10 Å². The molecule has 1 amide bonds. The second-order valence-corrected chi connectivity index (χ2v) is 8.43. The van der Waals surface area contributed by atoms with Crippen molar-refractivity contribution in [2.75, 3.05) is 5.75 Å². The Morgan fingerprint density at radius 2 is 1.79 bits per heavy atom. The van der Waals surface area contributed by atoms with Crippen LogP contribution in [0.1, 0.15) is 12.5 Å². The van der Waals surface area contributed by atoms with Crippen LogP contribution in [0.3, 0.4) is 0 Å². The molecule has 0 aliphatic rings. The molecule has 2 N–H and O–H groups in total. The molecule has 0 fully saturated rings. The summed E-state index contributed by atoms with van der Waals surface area (Å²) in [5.41, 5.74) is 5.21. The van der Waals surface area contributed by atoms with Crippen LogP contribution in [0, 0.1) is 0 Å². The second-order valence-electron chi connectivity index (χ2n) is 7.05. The van der Waals surface area contributed by atoms with Gasteiger partial charge in [0.15, 0.2) is 0 Å². The monoisotopic (exact) mass is 477 g/mol. The smallest absolute Gasteiger partial charge is 0.342 e. The molecule has 0 atom stereocenters. The number of para-hydroxylation sites is 1. The molecule has 4 rings (SSSR count). The number of hydrogen-bond donors (Lipinski definition) is 2. The lowest BCUT2D eigenvalue weighted by Crippen LogP contribution is -2.34. The van der Waals surface area contributed by atoms with Gasteiger partial charge in [-0.05, 0) is 60.6 Å². The Labute approximate surface area is 200 Å². The van der Waals surface area contributed by atoms with Gasteiger partial charge in [0.25, 0.3) is 11.7 Å². The highest BCUT2D eigenvalue weighted by molar-refractivity contribution is 7.99. The highest BCUT2D eigenvalue weighted by Crippen LogP contribution is 2.21. The zero-order valence-corrected chi connectivity index (χ0v) is 19.2. The van der Waals surface area contributed by atoms with Crippen LogP contribution >= 0.6 is 23.4 Å². The molecular weight excluding hydrogens is 458 g/mol. The quantitative estimate of drug-likeness (QED) is 0.183. The summed E-state index contributed by atoms with van der Waals surface area (Å²) in [6.45, 7) is 1.68. The Balaban J connectivity index is 1.53. The molecule has 9 heteroatoms. The lowest BCUT2D eigenvalue weighted by molar-refractivity contribution is -0.625. The molecule has 166 valence electrons. The van der Waals surface area contributed by atoms with E-state index in [2.05, 4.69) is 20.7 Å². The van der Waals surface area contributed by atoms with Crippen molar-refractivity contribution in [1.29, 1.82) is 0 Å². The minimum atomic E-state index is -0.311. The van der Waals surface area contributed by atoms with Crippen LogP contribution in [-0.4, -0.2) is 27.6 Å². The van der Waals surface area contributed by atoms with Gasteiger partial charge in [-0.25, -0.2) is 5.43 Å². The molecule has 0 saturated carbocycles.